The number of aromatic amines is 1. The van der Waals surface area contributed by atoms with Gasteiger partial charge in [0, 0.05) is 16.6 Å². The second-order valence-electron chi connectivity index (χ2n) is 4.76. The topological polar surface area (TPSA) is 57.8 Å². The molecule has 0 bridgehead atoms. The van der Waals surface area contributed by atoms with Gasteiger partial charge in [-0.1, -0.05) is 18.2 Å². The SMILES string of the molecule is O=c1[nH]c2ccccc2cc1Nc1ccc2scnc2c1. The number of fused-ring (bicyclic) bond motifs is 2. The van der Waals surface area contributed by atoms with E-state index in [4.69, 9.17) is 0 Å². The first-order chi connectivity index (χ1) is 10.3. The molecule has 2 aromatic carbocycles. The summed E-state index contributed by atoms with van der Waals surface area (Å²) in [5.41, 5.74) is 4.84. The fraction of sp³-hybridized carbons (Fsp3) is 0. The van der Waals surface area contributed by atoms with Crippen LogP contribution in [0.4, 0.5) is 11.4 Å². The molecule has 0 saturated carbocycles. The highest BCUT2D eigenvalue weighted by atomic mass is 32.1. The summed E-state index contributed by atoms with van der Waals surface area (Å²) >= 11 is 1.60. The first-order valence-electron chi connectivity index (χ1n) is 6.52. The number of aromatic nitrogens is 2. The number of anilines is 2. The Kier molecular flexibility index (Phi) is 2.72. The van der Waals surface area contributed by atoms with Gasteiger partial charge < -0.3 is 10.3 Å². The molecule has 0 aliphatic carbocycles. The van der Waals surface area contributed by atoms with Gasteiger partial charge in [-0.25, -0.2) is 4.98 Å². The van der Waals surface area contributed by atoms with Crippen LogP contribution in [-0.2, 0) is 0 Å². The number of nitrogens with zero attached hydrogens (tertiary/aromatic N) is 1. The molecule has 5 heteroatoms. The summed E-state index contributed by atoms with van der Waals surface area (Å²) in [4.78, 5) is 19.3. The van der Waals surface area contributed by atoms with E-state index < -0.39 is 0 Å². The van der Waals surface area contributed by atoms with Crippen molar-refractivity contribution >= 4 is 43.8 Å². The lowest BCUT2D eigenvalue weighted by Crippen LogP contribution is -2.11. The molecule has 2 N–H and O–H groups in total. The molecule has 0 aliphatic heterocycles. The van der Waals surface area contributed by atoms with Crippen LogP contribution in [-0.4, -0.2) is 9.97 Å². The Morgan fingerprint density at radius 1 is 1.10 bits per heavy atom. The number of benzene rings is 2. The zero-order valence-electron chi connectivity index (χ0n) is 11.0. The minimum atomic E-state index is -0.132. The monoisotopic (exact) mass is 293 g/mol. The average Bonchev–Trinajstić information content (AvgIpc) is 2.95. The van der Waals surface area contributed by atoms with Crippen molar-refractivity contribution in [1.82, 2.24) is 9.97 Å². The molecule has 102 valence electrons. The molecule has 0 fully saturated rings. The highest BCUT2D eigenvalue weighted by molar-refractivity contribution is 7.16. The molecule has 2 heterocycles. The minimum Gasteiger partial charge on any atom is -0.351 e. The summed E-state index contributed by atoms with van der Waals surface area (Å²) in [6.07, 6.45) is 0. The molecule has 0 spiro atoms. The van der Waals surface area contributed by atoms with E-state index in [2.05, 4.69) is 15.3 Å². The molecule has 21 heavy (non-hydrogen) atoms. The molecule has 4 rings (SSSR count). The largest absolute Gasteiger partial charge is 0.351 e. The minimum absolute atomic E-state index is 0.132. The van der Waals surface area contributed by atoms with E-state index in [1.807, 2.05) is 54.0 Å². The molecule has 0 unspecified atom stereocenters. The number of para-hydroxylation sites is 1. The van der Waals surface area contributed by atoms with Crippen LogP contribution in [0.5, 0.6) is 0 Å². The lowest BCUT2D eigenvalue weighted by atomic mass is 10.2. The van der Waals surface area contributed by atoms with Crippen molar-refractivity contribution in [1.29, 1.82) is 0 Å². The summed E-state index contributed by atoms with van der Waals surface area (Å²) in [5, 5.41) is 4.16. The predicted octanol–water partition coefficient (Wildman–Crippen LogP) is 3.88. The molecule has 0 aliphatic rings. The number of thiazole rings is 1. The fourth-order valence-electron chi connectivity index (χ4n) is 2.33. The Hall–Kier alpha value is -2.66. The molecule has 2 aromatic heterocycles. The van der Waals surface area contributed by atoms with Crippen molar-refractivity contribution in [2.24, 2.45) is 0 Å². The number of pyridine rings is 1. The molecular formula is C16H11N3OS. The summed E-state index contributed by atoms with van der Waals surface area (Å²) in [5.74, 6) is 0. The van der Waals surface area contributed by atoms with Gasteiger partial charge in [-0.2, -0.15) is 0 Å². The van der Waals surface area contributed by atoms with Gasteiger partial charge in [0.2, 0.25) is 0 Å². The van der Waals surface area contributed by atoms with Crippen molar-refractivity contribution in [3.05, 3.63) is 64.4 Å². The Morgan fingerprint density at radius 3 is 2.95 bits per heavy atom. The Balaban J connectivity index is 1.79. The van der Waals surface area contributed by atoms with Gasteiger partial charge in [-0.15, -0.1) is 11.3 Å². The Bertz CT molecular complexity index is 1000. The number of rotatable bonds is 2. The van der Waals surface area contributed by atoms with Gasteiger partial charge in [0.1, 0.15) is 5.69 Å². The summed E-state index contributed by atoms with van der Waals surface area (Å²) < 4.78 is 1.13. The summed E-state index contributed by atoms with van der Waals surface area (Å²) in [7, 11) is 0. The van der Waals surface area contributed by atoms with Crippen LogP contribution in [0, 0.1) is 0 Å². The standard InChI is InChI=1S/C16H11N3OS/c20-16-14(7-10-3-1-2-4-12(10)19-16)18-11-5-6-15-13(8-11)17-9-21-15/h1-9,18H,(H,19,20). The molecular weight excluding hydrogens is 282 g/mol. The number of nitrogens with one attached hydrogen (secondary N) is 2. The highest BCUT2D eigenvalue weighted by Gasteiger charge is 2.04. The maximum atomic E-state index is 12.1. The third-order valence-electron chi connectivity index (χ3n) is 3.36. The quantitative estimate of drug-likeness (QED) is 0.589. The highest BCUT2D eigenvalue weighted by Crippen LogP contribution is 2.23. The van der Waals surface area contributed by atoms with Crippen molar-refractivity contribution in [2.45, 2.75) is 0 Å². The Labute approximate surface area is 124 Å². The van der Waals surface area contributed by atoms with Crippen molar-refractivity contribution < 1.29 is 0 Å². The third-order valence-corrected chi connectivity index (χ3v) is 4.17. The van der Waals surface area contributed by atoms with Crippen molar-refractivity contribution in [2.75, 3.05) is 5.32 Å². The zero-order chi connectivity index (χ0) is 14.2. The van der Waals surface area contributed by atoms with Gasteiger partial charge in [0.05, 0.1) is 15.7 Å². The van der Waals surface area contributed by atoms with Gasteiger partial charge in [-0.3, -0.25) is 4.79 Å². The zero-order valence-corrected chi connectivity index (χ0v) is 11.8. The van der Waals surface area contributed by atoms with E-state index in [-0.39, 0.29) is 5.56 Å². The molecule has 0 atom stereocenters. The van der Waals surface area contributed by atoms with E-state index in [1.54, 1.807) is 11.3 Å². The van der Waals surface area contributed by atoms with E-state index in [1.165, 1.54) is 0 Å². The maximum Gasteiger partial charge on any atom is 0.272 e. The second-order valence-corrected chi connectivity index (χ2v) is 5.65. The van der Waals surface area contributed by atoms with E-state index in [0.717, 1.165) is 26.8 Å². The van der Waals surface area contributed by atoms with Crippen LogP contribution in [0.2, 0.25) is 0 Å². The molecule has 0 radical (unpaired) electrons. The Morgan fingerprint density at radius 2 is 2.00 bits per heavy atom. The maximum absolute atomic E-state index is 12.1. The first kappa shape index (κ1) is 12.1. The number of H-pyrrole nitrogens is 1. The smallest absolute Gasteiger partial charge is 0.272 e. The van der Waals surface area contributed by atoms with Gasteiger partial charge in [0.15, 0.2) is 0 Å². The van der Waals surface area contributed by atoms with Crippen LogP contribution in [0.3, 0.4) is 0 Å². The van der Waals surface area contributed by atoms with Crippen LogP contribution >= 0.6 is 11.3 Å². The fourth-order valence-corrected chi connectivity index (χ4v) is 2.99. The van der Waals surface area contributed by atoms with Crippen LogP contribution in [0.25, 0.3) is 21.1 Å². The third kappa shape index (κ3) is 2.17. The van der Waals surface area contributed by atoms with Crippen molar-refractivity contribution in [3.63, 3.8) is 0 Å². The predicted molar refractivity (Wildman–Crippen MR) is 87.5 cm³/mol. The lowest BCUT2D eigenvalue weighted by Gasteiger charge is -2.07. The summed E-state index contributed by atoms with van der Waals surface area (Å²) in [6, 6.07) is 15.5. The molecule has 0 amide bonds. The average molecular weight is 293 g/mol. The van der Waals surface area contributed by atoms with Crippen LogP contribution in [0.1, 0.15) is 0 Å². The first-order valence-corrected chi connectivity index (χ1v) is 7.40. The molecule has 4 nitrogen and oxygen atoms in total. The lowest BCUT2D eigenvalue weighted by molar-refractivity contribution is 1.30. The molecule has 4 aromatic rings. The van der Waals surface area contributed by atoms with Gasteiger partial charge in [-0.05, 0) is 30.3 Å². The van der Waals surface area contributed by atoms with Gasteiger partial charge in [0.25, 0.3) is 5.56 Å². The normalized spacial score (nSPS) is 11.0. The number of hydrogen-bond donors (Lipinski definition) is 2. The van der Waals surface area contributed by atoms with Gasteiger partial charge >= 0.3 is 0 Å². The second kappa shape index (κ2) is 4.71. The summed E-state index contributed by atoms with van der Waals surface area (Å²) in [6.45, 7) is 0. The van der Waals surface area contributed by atoms with Crippen LogP contribution < -0.4 is 10.9 Å². The van der Waals surface area contributed by atoms with Crippen molar-refractivity contribution in [3.8, 4) is 0 Å². The van der Waals surface area contributed by atoms with E-state index in [0.29, 0.717) is 5.69 Å². The molecule has 0 saturated heterocycles. The van der Waals surface area contributed by atoms with E-state index in [9.17, 15) is 4.79 Å². The number of hydrogen-bond acceptors (Lipinski definition) is 4. The van der Waals surface area contributed by atoms with Crippen LogP contribution in [0.15, 0.2) is 58.8 Å². The van der Waals surface area contributed by atoms with E-state index >= 15 is 0 Å².